The molecule has 0 amide bonds. The molecule has 14 heavy (non-hydrogen) atoms. The molecule has 0 radical (unpaired) electrons. The molecule has 5 nitrogen and oxygen atoms in total. The maximum atomic E-state index is 5.53. The van der Waals surface area contributed by atoms with Crippen LogP contribution in [0.2, 0.25) is 0 Å². The van der Waals surface area contributed by atoms with E-state index in [9.17, 15) is 0 Å². The Bertz CT molecular complexity index is 405. The van der Waals surface area contributed by atoms with Crippen LogP contribution in [0.3, 0.4) is 0 Å². The molecule has 1 unspecified atom stereocenters. The fourth-order valence-electron chi connectivity index (χ4n) is 1.07. The Morgan fingerprint density at radius 1 is 1.21 bits per heavy atom. The van der Waals surface area contributed by atoms with Gasteiger partial charge in [0, 0.05) is 6.07 Å². The Morgan fingerprint density at radius 3 is 2.50 bits per heavy atom. The van der Waals surface area contributed by atoms with Crippen LogP contribution in [-0.4, -0.2) is 9.97 Å². The zero-order chi connectivity index (χ0) is 9.97. The Hall–Kier alpha value is -1.74. The van der Waals surface area contributed by atoms with E-state index in [2.05, 4.69) is 21.1 Å². The number of nitrogen functional groups attached to an aromatic ring is 2. The van der Waals surface area contributed by atoms with E-state index in [4.69, 9.17) is 11.5 Å². The first kappa shape index (κ1) is 8.84. The maximum Gasteiger partial charge on any atom is 0.231 e. The van der Waals surface area contributed by atoms with Gasteiger partial charge in [-0.15, -0.1) is 8.19 Å². The van der Waals surface area contributed by atoms with Crippen LogP contribution in [0.1, 0.15) is 0 Å². The fraction of sp³-hybridized carbons (Fsp3) is 0. The highest BCUT2D eigenvalue weighted by atomic mass is 31.0. The Labute approximate surface area is 82.6 Å². The first-order valence-corrected chi connectivity index (χ1v) is 5.12. The zero-order valence-corrected chi connectivity index (χ0v) is 8.36. The van der Waals surface area contributed by atoms with Crippen LogP contribution in [0.4, 0.5) is 23.0 Å². The lowest BCUT2D eigenvalue weighted by atomic mass is 10.5. The van der Waals surface area contributed by atoms with Gasteiger partial charge in [0.1, 0.15) is 11.6 Å². The molecule has 6 heteroatoms. The lowest BCUT2D eigenvalue weighted by Gasteiger charge is -2.03. The quantitative estimate of drug-likeness (QED) is 0.692. The highest BCUT2D eigenvalue weighted by Crippen LogP contribution is 2.24. The molecule has 2 aromatic rings. The van der Waals surface area contributed by atoms with Crippen molar-refractivity contribution in [2.75, 3.05) is 16.8 Å². The standard InChI is InChI=1S/C8H10N5P/c9-5-4-6(10)12-8(11-5)13-7-2-1-3-14-7/h1-4,14H,(H5,9,10,11,12,13). The van der Waals surface area contributed by atoms with E-state index >= 15 is 0 Å². The van der Waals surface area contributed by atoms with Gasteiger partial charge in [0.15, 0.2) is 0 Å². The summed E-state index contributed by atoms with van der Waals surface area (Å²) in [6, 6.07) is 5.48. The number of hydrogen-bond donors (Lipinski definition) is 3. The summed E-state index contributed by atoms with van der Waals surface area (Å²) < 4.78 is 0. The molecular formula is C8H10N5P. The lowest BCUT2D eigenvalue weighted by Crippen LogP contribution is -2.02. The molecule has 1 atom stereocenters. The normalized spacial score (nSPS) is 10.6. The van der Waals surface area contributed by atoms with E-state index in [1.807, 2.05) is 12.1 Å². The van der Waals surface area contributed by atoms with Crippen molar-refractivity contribution in [3.05, 3.63) is 24.0 Å². The summed E-state index contributed by atoms with van der Waals surface area (Å²) in [6.45, 7) is 0. The molecular weight excluding hydrogens is 197 g/mol. The summed E-state index contributed by atoms with van der Waals surface area (Å²) in [4.78, 5) is 8.02. The number of anilines is 4. The summed E-state index contributed by atoms with van der Waals surface area (Å²) in [6.07, 6.45) is 0. The fourth-order valence-corrected chi connectivity index (χ4v) is 1.82. The summed E-state index contributed by atoms with van der Waals surface area (Å²) in [5, 5.41) is 3.05. The largest absolute Gasteiger partial charge is 0.383 e. The smallest absolute Gasteiger partial charge is 0.231 e. The van der Waals surface area contributed by atoms with E-state index in [0.717, 1.165) is 5.42 Å². The predicted octanol–water partition coefficient (Wildman–Crippen LogP) is 1.42. The number of rotatable bonds is 2. The van der Waals surface area contributed by atoms with Gasteiger partial charge >= 0.3 is 0 Å². The van der Waals surface area contributed by atoms with Crippen LogP contribution < -0.4 is 16.8 Å². The van der Waals surface area contributed by atoms with Crippen molar-refractivity contribution < 1.29 is 0 Å². The summed E-state index contributed by atoms with van der Waals surface area (Å²) >= 11 is 0. The van der Waals surface area contributed by atoms with Gasteiger partial charge in [-0.1, -0.05) is 6.07 Å². The van der Waals surface area contributed by atoms with Gasteiger partial charge in [-0.25, -0.2) is 0 Å². The molecule has 0 bridgehead atoms. The molecule has 0 aliphatic carbocycles. The Kier molecular flexibility index (Phi) is 2.24. The van der Waals surface area contributed by atoms with Crippen molar-refractivity contribution >= 4 is 31.2 Å². The average Bonchev–Trinajstić information content (AvgIpc) is 2.54. The molecule has 0 aliphatic heterocycles. The molecule has 0 saturated carbocycles. The van der Waals surface area contributed by atoms with Crippen molar-refractivity contribution in [2.45, 2.75) is 0 Å². The van der Waals surface area contributed by atoms with E-state index in [-0.39, 0.29) is 0 Å². The van der Waals surface area contributed by atoms with Crippen LogP contribution >= 0.6 is 8.19 Å². The second kappa shape index (κ2) is 3.55. The molecule has 0 spiro atoms. The van der Waals surface area contributed by atoms with Gasteiger partial charge in [0.2, 0.25) is 5.95 Å². The number of nitrogens with one attached hydrogen (secondary N) is 1. The second-order valence-corrected chi connectivity index (χ2v) is 3.91. The van der Waals surface area contributed by atoms with Crippen LogP contribution in [0.15, 0.2) is 24.0 Å². The molecule has 0 aromatic carbocycles. The molecule has 5 N–H and O–H groups in total. The van der Waals surface area contributed by atoms with Gasteiger partial charge < -0.3 is 16.8 Å². The molecule has 2 rings (SSSR count). The molecule has 2 aromatic heterocycles. The summed E-state index contributed by atoms with van der Waals surface area (Å²) in [7, 11) is 0.627. The monoisotopic (exact) mass is 207 g/mol. The minimum atomic E-state index is 0.370. The molecule has 0 fully saturated rings. The summed E-state index contributed by atoms with van der Waals surface area (Å²) in [5.74, 6) is 3.26. The van der Waals surface area contributed by atoms with Crippen molar-refractivity contribution in [1.29, 1.82) is 0 Å². The van der Waals surface area contributed by atoms with E-state index < -0.39 is 0 Å². The minimum absolute atomic E-state index is 0.370. The van der Waals surface area contributed by atoms with Crippen LogP contribution in [-0.2, 0) is 0 Å². The first-order chi connectivity index (χ1) is 6.74. The van der Waals surface area contributed by atoms with Crippen LogP contribution in [0.5, 0.6) is 0 Å². The third-order valence-electron chi connectivity index (χ3n) is 1.61. The lowest BCUT2D eigenvalue weighted by molar-refractivity contribution is 1.19. The molecule has 72 valence electrons. The number of nitrogens with two attached hydrogens (primary N) is 2. The number of hydrogen-bond acceptors (Lipinski definition) is 5. The topological polar surface area (TPSA) is 89.9 Å². The summed E-state index contributed by atoms with van der Waals surface area (Å²) in [5.41, 5.74) is 12.1. The van der Waals surface area contributed by atoms with Gasteiger partial charge in [-0.05, 0) is 11.9 Å². The zero-order valence-electron chi connectivity index (χ0n) is 7.36. The Balaban J connectivity index is 2.25. The molecule has 0 saturated heterocycles. The van der Waals surface area contributed by atoms with Crippen molar-refractivity contribution in [3.63, 3.8) is 0 Å². The van der Waals surface area contributed by atoms with Crippen molar-refractivity contribution in [1.82, 2.24) is 9.97 Å². The second-order valence-electron chi connectivity index (χ2n) is 2.75. The third-order valence-corrected chi connectivity index (χ3v) is 2.57. The Morgan fingerprint density at radius 2 is 1.93 bits per heavy atom. The average molecular weight is 207 g/mol. The van der Waals surface area contributed by atoms with Crippen LogP contribution in [0.25, 0.3) is 0 Å². The highest BCUT2D eigenvalue weighted by Gasteiger charge is 2.00. The van der Waals surface area contributed by atoms with Gasteiger partial charge in [0.25, 0.3) is 0 Å². The van der Waals surface area contributed by atoms with Gasteiger partial charge in [0.05, 0.1) is 5.42 Å². The maximum absolute atomic E-state index is 5.53. The third kappa shape index (κ3) is 1.95. The van der Waals surface area contributed by atoms with Crippen molar-refractivity contribution in [2.24, 2.45) is 0 Å². The number of aromatic nitrogens is 2. The van der Waals surface area contributed by atoms with Crippen LogP contribution in [0, 0.1) is 0 Å². The highest BCUT2D eigenvalue weighted by molar-refractivity contribution is 7.33. The van der Waals surface area contributed by atoms with E-state index in [1.165, 1.54) is 6.07 Å². The minimum Gasteiger partial charge on any atom is -0.383 e. The predicted molar refractivity (Wildman–Crippen MR) is 60.1 cm³/mol. The van der Waals surface area contributed by atoms with Gasteiger partial charge in [-0.2, -0.15) is 9.97 Å². The van der Waals surface area contributed by atoms with E-state index in [1.54, 1.807) is 0 Å². The van der Waals surface area contributed by atoms with Gasteiger partial charge in [-0.3, -0.25) is 0 Å². The molecule has 0 aliphatic rings. The van der Waals surface area contributed by atoms with Crippen molar-refractivity contribution in [3.8, 4) is 0 Å². The molecule has 2 heterocycles. The number of nitrogens with zero attached hydrogens (tertiary/aromatic N) is 2. The first-order valence-electron chi connectivity index (χ1n) is 4.04. The SMILES string of the molecule is Nc1cc(N)nc(Nc2ccc[pH]2)n1. The van der Waals surface area contributed by atoms with E-state index in [0.29, 0.717) is 25.8 Å².